The Balaban J connectivity index is 1.91. The van der Waals surface area contributed by atoms with Crippen molar-refractivity contribution in [2.24, 2.45) is 0 Å². The SMILES string of the molecule is CC(NC1CCN(C(C)(C)C)CC1)c1ccc(Br)cc1Cl. The Morgan fingerprint density at radius 3 is 2.43 bits per heavy atom. The van der Waals surface area contributed by atoms with Crippen LogP contribution in [0.15, 0.2) is 22.7 Å². The molecule has 4 heteroatoms. The van der Waals surface area contributed by atoms with Crippen LogP contribution in [0.25, 0.3) is 0 Å². The molecule has 0 spiro atoms. The average molecular weight is 374 g/mol. The van der Waals surface area contributed by atoms with E-state index >= 15 is 0 Å². The maximum atomic E-state index is 6.35. The summed E-state index contributed by atoms with van der Waals surface area (Å²) in [4.78, 5) is 2.57. The zero-order valence-electron chi connectivity index (χ0n) is 13.4. The molecule has 1 aliphatic rings. The number of likely N-dealkylation sites (tertiary alicyclic amines) is 1. The van der Waals surface area contributed by atoms with Crippen LogP contribution in [0, 0.1) is 0 Å². The number of nitrogens with zero attached hydrogens (tertiary/aromatic N) is 1. The molecule has 1 aromatic rings. The highest BCUT2D eigenvalue weighted by molar-refractivity contribution is 9.10. The van der Waals surface area contributed by atoms with Crippen molar-refractivity contribution in [1.82, 2.24) is 10.2 Å². The molecule has 21 heavy (non-hydrogen) atoms. The quantitative estimate of drug-likeness (QED) is 0.800. The Kier molecular flexibility index (Phi) is 5.75. The third-order valence-electron chi connectivity index (χ3n) is 4.36. The number of hydrogen-bond donors (Lipinski definition) is 1. The van der Waals surface area contributed by atoms with E-state index in [9.17, 15) is 0 Å². The lowest BCUT2D eigenvalue weighted by Gasteiger charge is -2.41. The first-order chi connectivity index (χ1) is 9.77. The first-order valence-electron chi connectivity index (χ1n) is 7.73. The number of nitrogens with one attached hydrogen (secondary N) is 1. The summed E-state index contributed by atoms with van der Waals surface area (Å²) >= 11 is 9.81. The normalized spacial score (nSPS) is 19.7. The van der Waals surface area contributed by atoms with Gasteiger partial charge in [-0.15, -0.1) is 0 Å². The predicted molar refractivity (Wildman–Crippen MR) is 95.1 cm³/mol. The minimum absolute atomic E-state index is 0.283. The summed E-state index contributed by atoms with van der Waals surface area (Å²) in [6.07, 6.45) is 2.41. The molecule has 0 amide bonds. The fourth-order valence-electron chi connectivity index (χ4n) is 3.01. The van der Waals surface area contributed by atoms with Crippen molar-refractivity contribution in [3.63, 3.8) is 0 Å². The molecule has 1 saturated heterocycles. The van der Waals surface area contributed by atoms with Crippen molar-refractivity contribution in [3.05, 3.63) is 33.3 Å². The lowest BCUT2D eigenvalue weighted by molar-refractivity contribution is 0.0942. The molecule has 1 fully saturated rings. The standard InChI is InChI=1S/C17H26BrClN2/c1-12(15-6-5-13(18)11-16(15)19)20-14-7-9-21(10-8-14)17(2,3)4/h5-6,11-12,14,20H,7-10H2,1-4H3. The van der Waals surface area contributed by atoms with Gasteiger partial charge < -0.3 is 5.32 Å². The van der Waals surface area contributed by atoms with Crippen LogP contribution in [0.3, 0.4) is 0 Å². The molecular formula is C17H26BrClN2. The van der Waals surface area contributed by atoms with E-state index in [-0.39, 0.29) is 11.6 Å². The van der Waals surface area contributed by atoms with E-state index in [0.717, 1.165) is 9.50 Å². The minimum atomic E-state index is 0.283. The average Bonchev–Trinajstić information content (AvgIpc) is 2.38. The van der Waals surface area contributed by atoms with E-state index in [1.807, 2.05) is 6.07 Å². The number of rotatable bonds is 3. The van der Waals surface area contributed by atoms with Crippen LogP contribution in [0.1, 0.15) is 52.1 Å². The molecule has 1 atom stereocenters. The van der Waals surface area contributed by atoms with Crippen molar-refractivity contribution in [1.29, 1.82) is 0 Å². The number of piperidine rings is 1. The van der Waals surface area contributed by atoms with E-state index in [4.69, 9.17) is 11.6 Å². The summed E-state index contributed by atoms with van der Waals surface area (Å²) in [6.45, 7) is 11.4. The van der Waals surface area contributed by atoms with Gasteiger partial charge in [0.25, 0.3) is 0 Å². The van der Waals surface area contributed by atoms with Crippen LogP contribution in [0.5, 0.6) is 0 Å². The van der Waals surface area contributed by atoms with Crippen LogP contribution >= 0.6 is 27.5 Å². The van der Waals surface area contributed by atoms with Crippen LogP contribution in [0.4, 0.5) is 0 Å². The number of benzene rings is 1. The van der Waals surface area contributed by atoms with Gasteiger partial charge in [-0.3, -0.25) is 4.90 Å². The lowest BCUT2D eigenvalue weighted by atomic mass is 9.97. The third-order valence-corrected chi connectivity index (χ3v) is 5.18. The fraction of sp³-hybridized carbons (Fsp3) is 0.647. The van der Waals surface area contributed by atoms with Crippen molar-refractivity contribution >= 4 is 27.5 Å². The summed E-state index contributed by atoms with van der Waals surface area (Å²) in [7, 11) is 0. The molecule has 0 saturated carbocycles. The molecule has 0 aliphatic carbocycles. The summed E-state index contributed by atoms with van der Waals surface area (Å²) in [6, 6.07) is 7.00. The highest BCUT2D eigenvalue weighted by Crippen LogP contribution is 2.28. The molecule has 2 nitrogen and oxygen atoms in total. The summed E-state index contributed by atoms with van der Waals surface area (Å²) in [5.41, 5.74) is 1.46. The van der Waals surface area contributed by atoms with E-state index in [0.29, 0.717) is 6.04 Å². The van der Waals surface area contributed by atoms with Crippen molar-refractivity contribution < 1.29 is 0 Å². The van der Waals surface area contributed by atoms with Crippen molar-refractivity contribution in [2.45, 2.75) is 58.2 Å². The summed E-state index contributed by atoms with van der Waals surface area (Å²) in [5, 5.41) is 4.57. The Labute approximate surface area is 142 Å². The van der Waals surface area contributed by atoms with Gasteiger partial charge in [-0.05, 0) is 58.2 Å². The van der Waals surface area contributed by atoms with Crippen LogP contribution in [-0.4, -0.2) is 29.6 Å². The first-order valence-corrected chi connectivity index (χ1v) is 8.90. The lowest BCUT2D eigenvalue weighted by Crippen LogP contribution is -2.50. The minimum Gasteiger partial charge on any atom is -0.307 e. The highest BCUT2D eigenvalue weighted by atomic mass is 79.9. The van der Waals surface area contributed by atoms with E-state index in [1.54, 1.807) is 0 Å². The van der Waals surface area contributed by atoms with Gasteiger partial charge in [-0.25, -0.2) is 0 Å². The maximum Gasteiger partial charge on any atom is 0.0464 e. The molecule has 0 aromatic heterocycles. The molecule has 1 aliphatic heterocycles. The van der Waals surface area contributed by atoms with E-state index in [1.165, 1.54) is 31.5 Å². The first kappa shape index (κ1) is 17.3. The van der Waals surface area contributed by atoms with Gasteiger partial charge >= 0.3 is 0 Å². The monoisotopic (exact) mass is 372 g/mol. The van der Waals surface area contributed by atoms with Gasteiger partial charge in [-0.1, -0.05) is 33.6 Å². The second kappa shape index (κ2) is 6.99. The van der Waals surface area contributed by atoms with Gasteiger partial charge in [0.2, 0.25) is 0 Å². The number of halogens is 2. The molecule has 1 N–H and O–H groups in total. The predicted octanol–water partition coefficient (Wildman–Crippen LogP) is 5.02. The van der Waals surface area contributed by atoms with E-state index in [2.05, 4.69) is 66.0 Å². The van der Waals surface area contributed by atoms with Gasteiger partial charge in [0.05, 0.1) is 0 Å². The summed E-state index contributed by atoms with van der Waals surface area (Å²) < 4.78 is 1.03. The van der Waals surface area contributed by atoms with Crippen LogP contribution in [0.2, 0.25) is 5.02 Å². The smallest absolute Gasteiger partial charge is 0.0464 e. The molecule has 2 rings (SSSR count). The van der Waals surface area contributed by atoms with Gasteiger partial charge in [0.1, 0.15) is 0 Å². The topological polar surface area (TPSA) is 15.3 Å². The van der Waals surface area contributed by atoms with Crippen molar-refractivity contribution in [3.8, 4) is 0 Å². The molecule has 118 valence electrons. The molecule has 0 bridgehead atoms. The van der Waals surface area contributed by atoms with E-state index < -0.39 is 0 Å². The fourth-order valence-corrected chi connectivity index (χ4v) is 3.85. The van der Waals surface area contributed by atoms with Gasteiger partial charge in [0.15, 0.2) is 0 Å². The highest BCUT2D eigenvalue weighted by Gasteiger charge is 2.27. The number of hydrogen-bond acceptors (Lipinski definition) is 2. The molecule has 1 unspecified atom stereocenters. The van der Waals surface area contributed by atoms with Gasteiger partial charge in [-0.2, -0.15) is 0 Å². The van der Waals surface area contributed by atoms with Gasteiger partial charge in [0, 0.05) is 40.2 Å². The second-order valence-electron chi connectivity index (χ2n) is 6.99. The molecule has 1 heterocycles. The summed E-state index contributed by atoms with van der Waals surface area (Å²) in [5.74, 6) is 0. The van der Waals surface area contributed by atoms with Crippen LogP contribution in [-0.2, 0) is 0 Å². The van der Waals surface area contributed by atoms with Crippen LogP contribution < -0.4 is 5.32 Å². The second-order valence-corrected chi connectivity index (χ2v) is 8.31. The zero-order valence-corrected chi connectivity index (χ0v) is 15.8. The Hall–Kier alpha value is -0.0900. The third kappa shape index (κ3) is 4.69. The van der Waals surface area contributed by atoms with Crippen molar-refractivity contribution in [2.75, 3.05) is 13.1 Å². The molecule has 1 aromatic carbocycles. The molecule has 0 radical (unpaired) electrons. The largest absolute Gasteiger partial charge is 0.307 e. The zero-order chi connectivity index (χ0) is 15.6. The Morgan fingerprint density at radius 1 is 1.29 bits per heavy atom. The maximum absolute atomic E-state index is 6.35. The Morgan fingerprint density at radius 2 is 1.90 bits per heavy atom. The Bertz CT molecular complexity index is 476. The molecular weight excluding hydrogens is 348 g/mol.